The van der Waals surface area contributed by atoms with Gasteiger partial charge in [0.05, 0.1) is 19.3 Å². The lowest BCUT2D eigenvalue weighted by Crippen LogP contribution is -2.14. The van der Waals surface area contributed by atoms with Gasteiger partial charge in [0, 0.05) is 7.11 Å². The van der Waals surface area contributed by atoms with E-state index < -0.39 is 5.69 Å². The highest BCUT2D eigenvalue weighted by Gasteiger charge is 2.10. The van der Waals surface area contributed by atoms with E-state index in [1.165, 1.54) is 7.11 Å². The number of hydrogen-bond acceptors (Lipinski definition) is 6. The van der Waals surface area contributed by atoms with E-state index in [9.17, 15) is 4.79 Å². The molecule has 0 atom stereocenters. The van der Waals surface area contributed by atoms with E-state index in [0.717, 1.165) is 0 Å². The molecule has 2 rings (SSSR count). The molecule has 1 aromatic carbocycles. The Morgan fingerprint density at radius 1 is 1.15 bits per heavy atom. The first-order valence-corrected chi connectivity index (χ1v) is 5.98. The van der Waals surface area contributed by atoms with Crippen molar-refractivity contribution in [2.45, 2.75) is 0 Å². The molecular formula is C13H15N3O4. The van der Waals surface area contributed by atoms with Crippen LogP contribution in [0, 0.1) is 0 Å². The van der Waals surface area contributed by atoms with Gasteiger partial charge in [0.25, 0.3) is 0 Å². The van der Waals surface area contributed by atoms with E-state index in [4.69, 9.17) is 14.2 Å². The predicted octanol–water partition coefficient (Wildman–Crippen LogP) is 0.866. The Bertz CT molecular complexity index is 627. The second-order valence-electron chi connectivity index (χ2n) is 3.83. The number of aromatic nitrogens is 3. The van der Waals surface area contributed by atoms with Gasteiger partial charge in [-0.3, -0.25) is 4.98 Å². The molecule has 0 aliphatic carbocycles. The molecule has 20 heavy (non-hydrogen) atoms. The molecular weight excluding hydrogens is 262 g/mol. The SMILES string of the molecule is COCCOc1ccccc1-c1nc(OC)nc(=O)[nH]1. The largest absolute Gasteiger partial charge is 0.490 e. The summed E-state index contributed by atoms with van der Waals surface area (Å²) in [4.78, 5) is 21.7. The second kappa shape index (κ2) is 6.67. The van der Waals surface area contributed by atoms with Gasteiger partial charge in [-0.1, -0.05) is 12.1 Å². The van der Waals surface area contributed by atoms with Gasteiger partial charge in [-0.25, -0.2) is 4.79 Å². The molecule has 0 aliphatic heterocycles. The van der Waals surface area contributed by atoms with Crippen LogP contribution in [0.4, 0.5) is 0 Å². The van der Waals surface area contributed by atoms with E-state index in [1.807, 2.05) is 12.1 Å². The van der Waals surface area contributed by atoms with Crippen LogP contribution in [0.15, 0.2) is 29.1 Å². The lowest BCUT2D eigenvalue weighted by molar-refractivity contribution is 0.146. The Balaban J connectivity index is 2.36. The average Bonchev–Trinajstić information content (AvgIpc) is 2.47. The molecule has 0 unspecified atom stereocenters. The molecule has 106 valence electrons. The van der Waals surface area contributed by atoms with Gasteiger partial charge in [0.1, 0.15) is 12.4 Å². The number of aromatic amines is 1. The van der Waals surface area contributed by atoms with Crippen LogP contribution in [0.1, 0.15) is 0 Å². The van der Waals surface area contributed by atoms with Gasteiger partial charge in [0.2, 0.25) is 0 Å². The van der Waals surface area contributed by atoms with Crippen molar-refractivity contribution in [3.63, 3.8) is 0 Å². The van der Waals surface area contributed by atoms with Crippen LogP contribution >= 0.6 is 0 Å². The Morgan fingerprint density at radius 3 is 2.70 bits per heavy atom. The van der Waals surface area contributed by atoms with Crippen molar-refractivity contribution in [1.29, 1.82) is 0 Å². The van der Waals surface area contributed by atoms with Gasteiger partial charge in [-0.05, 0) is 12.1 Å². The Morgan fingerprint density at radius 2 is 1.95 bits per heavy atom. The summed E-state index contributed by atoms with van der Waals surface area (Å²) in [6.45, 7) is 0.873. The lowest BCUT2D eigenvalue weighted by Gasteiger charge is -2.10. The molecule has 0 saturated carbocycles. The average molecular weight is 277 g/mol. The smallest absolute Gasteiger partial charge is 0.351 e. The predicted molar refractivity (Wildman–Crippen MR) is 72.0 cm³/mol. The number of rotatable bonds is 6. The molecule has 7 heteroatoms. The lowest BCUT2D eigenvalue weighted by atomic mass is 10.2. The van der Waals surface area contributed by atoms with E-state index in [-0.39, 0.29) is 6.01 Å². The van der Waals surface area contributed by atoms with Gasteiger partial charge in [0.15, 0.2) is 5.82 Å². The molecule has 0 spiro atoms. The first kappa shape index (κ1) is 14.0. The fraction of sp³-hybridized carbons (Fsp3) is 0.308. The number of nitrogens with zero attached hydrogens (tertiary/aromatic N) is 2. The van der Waals surface area contributed by atoms with Crippen molar-refractivity contribution in [2.24, 2.45) is 0 Å². The minimum absolute atomic E-state index is 0.00967. The molecule has 0 saturated heterocycles. The molecule has 0 aliphatic rings. The normalized spacial score (nSPS) is 10.3. The molecule has 2 aromatic rings. The standard InChI is InChI=1S/C13H15N3O4/c1-18-7-8-20-10-6-4-3-5-9(10)11-14-12(17)16-13(15-11)19-2/h3-6H,7-8H2,1-2H3,(H,14,15,16,17). The van der Waals surface area contributed by atoms with Crippen LogP contribution in [0.2, 0.25) is 0 Å². The fourth-order valence-corrected chi connectivity index (χ4v) is 1.61. The van der Waals surface area contributed by atoms with Crippen molar-refractivity contribution in [2.75, 3.05) is 27.4 Å². The first-order chi connectivity index (χ1) is 9.74. The highest BCUT2D eigenvalue weighted by molar-refractivity contribution is 5.63. The zero-order valence-corrected chi connectivity index (χ0v) is 11.3. The number of para-hydroxylation sites is 1. The number of H-pyrrole nitrogens is 1. The summed E-state index contributed by atoms with van der Waals surface area (Å²) in [6, 6.07) is 7.25. The monoisotopic (exact) mass is 277 g/mol. The van der Waals surface area contributed by atoms with E-state index in [2.05, 4.69) is 15.0 Å². The minimum Gasteiger partial charge on any atom is -0.490 e. The third kappa shape index (κ3) is 3.33. The molecule has 0 fully saturated rings. The van der Waals surface area contributed by atoms with Gasteiger partial charge in [-0.2, -0.15) is 4.98 Å². The molecule has 0 radical (unpaired) electrons. The molecule has 1 aromatic heterocycles. The topological polar surface area (TPSA) is 86.3 Å². The second-order valence-corrected chi connectivity index (χ2v) is 3.83. The number of hydrogen-bond donors (Lipinski definition) is 1. The van der Waals surface area contributed by atoms with Crippen LogP contribution < -0.4 is 15.2 Å². The van der Waals surface area contributed by atoms with Crippen LogP contribution in [0.5, 0.6) is 11.8 Å². The van der Waals surface area contributed by atoms with Crippen molar-refractivity contribution < 1.29 is 14.2 Å². The minimum atomic E-state index is -0.529. The molecule has 1 heterocycles. The summed E-state index contributed by atoms with van der Waals surface area (Å²) < 4.78 is 15.4. The van der Waals surface area contributed by atoms with Crippen molar-refractivity contribution in [1.82, 2.24) is 15.0 Å². The maximum atomic E-state index is 11.5. The Hall–Kier alpha value is -2.41. The highest BCUT2D eigenvalue weighted by atomic mass is 16.5. The van der Waals surface area contributed by atoms with E-state index in [1.54, 1.807) is 19.2 Å². The third-order valence-corrected chi connectivity index (χ3v) is 2.50. The Kier molecular flexibility index (Phi) is 4.67. The summed E-state index contributed by atoms with van der Waals surface area (Å²) >= 11 is 0. The highest BCUT2D eigenvalue weighted by Crippen LogP contribution is 2.26. The maximum absolute atomic E-state index is 11.5. The molecule has 0 bridgehead atoms. The summed E-state index contributed by atoms with van der Waals surface area (Å²) in [6.07, 6.45) is 0. The first-order valence-electron chi connectivity index (χ1n) is 5.98. The summed E-state index contributed by atoms with van der Waals surface area (Å²) in [7, 11) is 3.00. The van der Waals surface area contributed by atoms with Crippen LogP contribution in [-0.4, -0.2) is 42.4 Å². The zero-order valence-electron chi connectivity index (χ0n) is 11.3. The number of nitrogens with one attached hydrogen (secondary N) is 1. The fourth-order valence-electron chi connectivity index (χ4n) is 1.61. The third-order valence-electron chi connectivity index (χ3n) is 2.50. The summed E-state index contributed by atoms with van der Waals surface area (Å²) in [5, 5.41) is 0. The van der Waals surface area contributed by atoms with Gasteiger partial charge in [-0.15, -0.1) is 4.98 Å². The molecule has 0 amide bonds. The van der Waals surface area contributed by atoms with Crippen molar-refractivity contribution >= 4 is 0 Å². The van der Waals surface area contributed by atoms with Crippen molar-refractivity contribution in [3.05, 3.63) is 34.7 Å². The van der Waals surface area contributed by atoms with Crippen LogP contribution in [-0.2, 0) is 4.74 Å². The number of methoxy groups -OCH3 is 2. The van der Waals surface area contributed by atoms with Gasteiger partial charge < -0.3 is 14.2 Å². The summed E-state index contributed by atoms with van der Waals surface area (Å²) in [5.74, 6) is 0.941. The zero-order chi connectivity index (χ0) is 14.4. The number of ether oxygens (including phenoxy) is 3. The maximum Gasteiger partial charge on any atom is 0.351 e. The molecule has 1 N–H and O–H groups in total. The van der Waals surface area contributed by atoms with Crippen LogP contribution in [0.3, 0.4) is 0 Å². The quantitative estimate of drug-likeness (QED) is 0.788. The van der Waals surface area contributed by atoms with E-state index >= 15 is 0 Å². The van der Waals surface area contributed by atoms with Crippen LogP contribution in [0.25, 0.3) is 11.4 Å². The van der Waals surface area contributed by atoms with Gasteiger partial charge >= 0.3 is 11.7 Å². The number of benzene rings is 1. The Labute approximate surface area is 115 Å². The molecule has 7 nitrogen and oxygen atoms in total. The summed E-state index contributed by atoms with van der Waals surface area (Å²) in [5.41, 5.74) is 0.125. The van der Waals surface area contributed by atoms with E-state index in [0.29, 0.717) is 30.4 Å². The van der Waals surface area contributed by atoms with Crippen molar-refractivity contribution in [3.8, 4) is 23.1 Å².